The van der Waals surface area contributed by atoms with Crippen LogP contribution in [0.25, 0.3) is 0 Å². The second kappa shape index (κ2) is 0.564. The van der Waals surface area contributed by atoms with Crippen molar-refractivity contribution < 1.29 is 0 Å². The molecular formula is H3P7. The molecule has 7 heavy (non-hydrogen) atoms. The molecule has 6 heterocycles. The molecule has 0 aromatic carbocycles. The summed E-state index contributed by atoms with van der Waals surface area (Å²) in [4.78, 5) is 0. The third-order valence-electron chi connectivity index (χ3n) is 2.84. The van der Waals surface area contributed by atoms with Gasteiger partial charge >= 0.3 is 47.9 Å². The van der Waals surface area contributed by atoms with Crippen LogP contribution in [0.15, 0.2) is 0 Å². The number of hydrogen-bond acceptors (Lipinski definition) is 0. The van der Waals surface area contributed by atoms with E-state index < -0.39 is 0 Å². The molecule has 0 N–H and O–H groups in total. The molecule has 5 unspecified atom stereocenters. The van der Waals surface area contributed by atoms with E-state index in [1.807, 2.05) is 15.9 Å². The van der Waals surface area contributed by atoms with Crippen LogP contribution in [-0.2, 0) is 0 Å². The topological polar surface area (TPSA) is 0 Å². The van der Waals surface area contributed by atoms with Crippen molar-refractivity contribution in [1.29, 1.82) is 0 Å². The van der Waals surface area contributed by atoms with Crippen LogP contribution in [0.3, 0.4) is 0 Å². The van der Waals surface area contributed by atoms with Crippen molar-refractivity contribution in [1.82, 2.24) is 0 Å². The van der Waals surface area contributed by atoms with Gasteiger partial charge in [-0.25, -0.2) is 0 Å². The Balaban J connectivity index is 2.45. The molecule has 0 nitrogen and oxygen atoms in total. The van der Waals surface area contributed by atoms with Crippen LogP contribution in [0.2, 0.25) is 0 Å². The van der Waals surface area contributed by atoms with Gasteiger partial charge in [0, 0.05) is 0 Å². The van der Waals surface area contributed by atoms with Gasteiger partial charge in [-0.3, -0.25) is 0 Å². The fraction of sp³-hybridized carbons (Fsp3) is 0. The summed E-state index contributed by atoms with van der Waals surface area (Å²) in [5.74, 6) is 0. The van der Waals surface area contributed by atoms with E-state index in [1.165, 1.54) is 6.99 Å². The second-order valence-electron chi connectivity index (χ2n) is 2.86. The van der Waals surface area contributed by atoms with Crippen LogP contribution in [0.1, 0.15) is 0 Å². The van der Waals surface area contributed by atoms with E-state index in [2.05, 4.69) is 0 Å². The van der Waals surface area contributed by atoms with E-state index in [-0.39, 0.29) is 10.1 Å². The van der Waals surface area contributed by atoms with Crippen LogP contribution >= 0.6 is 47.9 Å². The summed E-state index contributed by atoms with van der Waals surface area (Å²) in [6.45, 7) is 2.26. The SMILES string of the molecule is P1P2P3P145PP234P5. The van der Waals surface area contributed by atoms with Gasteiger partial charge in [0.05, 0.1) is 0 Å². The Morgan fingerprint density at radius 2 is 1.86 bits per heavy atom. The van der Waals surface area contributed by atoms with E-state index in [9.17, 15) is 0 Å². The first-order valence-electron chi connectivity index (χ1n) is 2.34. The molecule has 6 aliphatic heterocycles. The van der Waals surface area contributed by atoms with Gasteiger partial charge in [0.1, 0.15) is 0 Å². The molecule has 2 bridgehead atoms. The first kappa shape index (κ1) is 4.14. The van der Waals surface area contributed by atoms with E-state index in [0.717, 1.165) is 6.99 Å². The van der Waals surface area contributed by atoms with Crippen LogP contribution in [0, 0.1) is 0 Å². The molecular weight excluding hydrogens is 217 g/mol. The molecule has 0 amide bonds. The maximum atomic E-state index is 1.83. The Morgan fingerprint density at radius 1 is 1.29 bits per heavy atom. The fourth-order valence-electron chi connectivity index (χ4n) is 2.20. The predicted octanol–water partition coefficient (Wildman–Crippen LogP) is 5.23. The minimum absolute atomic E-state index is 0.0253. The number of hydrogen-bond donors (Lipinski definition) is 0. The van der Waals surface area contributed by atoms with E-state index >= 15 is 0 Å². The molecule has 6 rings (SSSR count). The van der Waals surface area contributed by atoms with Crippen molar-refractivity contribution in [2.45, 2.75) is 0 Å². The summed E-state index contributed by atoms with van der Waals surface area (Å²) in [5, 5.41) is -0.0943. The Kier molecular flexibility index (Phi) is 0.334. The van der Waals surface area contributed by atoms with Gasteiger partial charge in [-0.05, 0) is 0 Å². The summed E-state index contributed by atoms with van der Waals surface area (Å²) in [6.07, 6.45) is 0. The molecule has 0 saturated carbocycles. The fourth-order valence-corrected chi connectivity index (χ4v) is 491. The van der Waals surface area contributed by atoms with Gasteiger partial charge in [-0.1, -0.05) is 0 Å². The van der Waals surface area contributed by atoms with Gasteiger partial charge in [-0.15, -0.1) is 0 Å². The van der Waals surface area contributed by atoms with Gasteiger partial charge in [0.15, 0.2) is 0 Å². The van der Waals surface area contributed by atoms with Crippen molar-refractivity contribution >= 4 is 47.9 Å². The van der Waals surface area contributed by atoms with E-state index in [1.54, 1.807) is 7.96 Å². The molecule has 6 fully saturated rings. The van der Waals surface area contributed by atoms with Gasteiger partial charge in [0.2, 0.25) is 0 Å². The molecule has 6 saturated heterocycles. The molecule has 0 radical (unpaired) electrons. The summed E-state index contributed by atoms with van der Waals surface area (Å²) in [7, 11) is 5.43. The third kappa shape index (κ3) is 0.119. The van der Waals surface area contributed by atoms with Crippen molar-refractivity contribution in [2.75, 3.05) is 0 Å². The molecule has 0 aliphatic carbocycles. The molecule has 6 aliphatic rings. The average molecular weight is 220 g/mol. The summed E-state index contributed by atoms with van der Waals surface area (Å²) in [6, 6.07) is 0. The zero-order valence-corrected chi connectivity index (χ0v) is 9.87. The molecule has 2 spiro atoms. The van der Waals surface area contributed by atoms with Crippen LogP contribution in [0.5, 0.6) is 0 Å². The van der Waals surface area contributed by atoms with Crippen LogP contribution in [-0.4, -0.2) is 0 Å². The normalized spacial score (nSPS) is 109. The van der Waals surface area contributed by atoms with Gasteiger partial charge in [0.25, 0.3) is 0 Å². The third-order valence-corrected chi connectivity index (χ3v) is 210. The average Bonchev–Trinajstić information content (AvgIpc) is 2.19. The summed E-state index contributed by atoms with van der Waals surface area (Å²) >= 11 is 0. The molecule has 38 valence electrons. The van der Waals surface area contributed by atoms with Gasteiger partial charge in [-0.2, -0.15) is 0 Å². The monoisotopic (exact) mass is 220 g/mol. The van der Waals surface area contributed by atoms with Crippen molar-refractivity contribution in [3.63, 3.8) is 0 Å². The standard InChI is InChI=1S/H3P7/c1-4-5-6(1)2-7(4,5,6)3-6/h1-3H. The maximum absolute atomic E-state index is 1.83. The molecule has 0 aromatic rings. The molecule has 7 heteroatoms. The van der Waals surface area contributed by atoms with E-state index in [4.69, 9.17) is 0 Å². The quantitative estimate of drug-likeness (QED) is 0.490. The predicted molar refractivity (Wildman–Crippen MR) is 52.6 cm³/mol. The first-order chi connectivity index (χ1) is 3.30. The first-order valence-corrected chi connectivity index (χ1v) is 21.1. The van der Waals surface area contributed by atoms with Crippen LogP contribution < -0.4 is 0 Å². The molecule has 5 atom stereocenters. The van der Waals surface area contributed by atoms with Gasteiger partial charge < -0.3 is 0 Å². The molecule has 0 aromatic heterocycles. The zero-order chi connectivity index (χ0) is 4.17. The number of rotatable bonds is 0. The Bertz CT molecular complexity index is 231. The van der Waals surface area contributed by atoms with Crippen molar-refractivity contribution in [3.05, 3.63) is 0 Å². The zero-order valence-electron chi connectivity index (χ0n) is 3.29. The summed E-state index contributed by atoms with van der Waals surface area (Å²) < 4.78 is 0. The van der Waals surface area contributed by atoms with Crippen LogP contribution in [0.4, 0.5) is 0 Å². The minimum atomic E-state index is -0.0690. The Labute approximate surface area is 48.3 Å². The Hall–Kier alpha value is 3.01. The van der Waals surface area contributed by atoms with E-state index in [0.29, 0.717) is 0 Å². The second-order valence-corrected chi connectivity index (χ2v) is 77.3. The van der Waals surface area contributed by atoms with Crippen molar-refractivity contribution in [2.24, 2.45) is 0 Å². The van der Waals surface area contributed by atoms with Crippen molar-refractivity contribution in [3.8, 4) is 0 Å². The Morgan fingerprint density at radius 3 is 1.86 bits per heavy atom. The summed E-state index contributed by atoms with van der Waals surface area (Å²) in [5.41, 5.74) is 0.